The molecule has 0 radical (unpaired) electrons. The fraction of sp³-hybridized carbons (Fsp3) is 0.473. The van der Waals surface area contributed by atoms with Crippen LogP contribution in [0.2, 0.25) is 0 Å². The second-order valence-corrected chi connectivity index (χ2v) is 20.8. The lowest BCUT2D eigenvalue weighted by molar-refractivity contribution is -0.141. The van der Waals surface area contributed by atoms with E-state index in [1.54, 1.807) is 18.2 Å². The molecule has 20 heteroatoms. The summed E-state index contributed by atoms with van der Waals surface area (Å²) in [6, 6.07) is 22.3. The number of fused-ring (bicyclic) bond motifs is 2. The summed E-state index contributed by atoms with van der Waals surface area (Å²) in [5, 5.41) is 41.3. The van der Waals surface area contributed by atoms with Gasteiger partial charge >= 0.3 is 0 Å². The first-order valence-corrected chi connectivity index (χ1v) is 26.2. The highest BCUT2D eigenvalue weighted by atomic mass is 16.5. The number of phenols is 1. The predicted octanol–water partition coefficient (Wildman–Crippen LogP) is 5.04. The first-order chi connectivity index (χ1) is 36.3. The number of β-amino-alcohol motifs (C(OH)–C–C–N with tert-alkyl or cyclic N) is 1. The highest BCUT2D eigenvalue weighted by Gasteiger charge is 2.44. The van der Waals surface area contributed by atoms with Crippen LogP contribution >= 0.6 is 0 Å². The van der Waals surface area contributed by atoms with Crippen molar-refractivity contribution in [2.75, 3.05) is 87.7 Å². The molecule has 6 aromatic rings. The van der Waals surface area contributed by atoms with Gasteiger partial charge in [-0.25, -0.2) is 4.98 Å². The van der Waals surface area contributed by atoms with Crippen molar-refractivity contribution < 1.29 is 33.8 Å². The summed E-state index contributed by atoms with van der Waals surface area (Å²) in [5.74, 6) is 0.278. The van der Waals surface area contributed by atoms with Gasteiger partial charge in [0.25, 0.3) is 5.88 Å². The molecule has 4 aromatic heterocycles. The third-order valence-electron chi connectivity index (χ3n) is 15.4. The number of anilines is 3. The Kier molecular flexibility index (Phi) is 15.2. The zero-order valence-electron chi connectivity index (χ0n) is 43.5. The van der Waals surface area contributed by atoms with Gasteiger partial charge in [-0.3, -0.25) is 24.1 Å². The number of benzene rings is 2. The topological polar surface area (TPSA) is 230 Å². The van der Waals surface area contributed by atoms with Crippen LogP contribution in [0.25, 0.3) is 22.5 Å². The number of aryl methyl sites for hydroxylation is 2. The molecule has 20 nitrogen and oxygen atoms in total. The highest BCUT2D eigenvalue weighted by molar-refractivity contribution is 5.91. The van der Waals surface area contributed by atoms with Gasteiger partial charge in [0.1, 0.15) is 30.9 Å². The zero-order chi connectivity index (χ0) is 52.3. The number of aliphatic hydroxyl groups is 1. The fourth-order valence-electron chi connectivity index (χ4n) is 11.4. The van der Waals surface area contributed by atoms with Gasteiger partial charge in [-0.15, -0.1) is 10.2 Å². The molecule has 2 aromatic carbocycles. The lowest BCUT2D eigenvalue weighted by Crippen LogP contribution is -2.54. The third kappa shape index (κ3) is 11.2. The molecule has 4 saturated heterocycles. The Morgan fingerprint density at radius 1 is 0.880 bits per heavy atom. The molecular formula is C55H69N13O7. The Labute approximate surface area is 437 Å². The van der Waals surface area contributed by atoms with Crippen molar-refractivity contribution in [2.24, 2.45) is 13.0 Å². The van der Waals surface area contributed by atoms with Crippen LogP contribution in [-0.4, -0.2) is 163 Å². The SMILES string of the molecule is Cc1cnn(C)c1-c1ccc([C@H](C)NC(=O)[C@@H]2C[C@@H](O)CN2C(=O)[C@@H](c2cc(OCCN3CCN(CCOc4cc(N5C6CCC5CN(c5cc(-c7ccccc7O)nnc5N)C6)ccn4)CC3)no2)C(C)C)cc1. The molecule has 4 aliphatic heterocycles. The molecule has 2 unspecified atom stereocenters. The number of nitrogens with zero attached hydrogens (tertiary/aromatic N) is 11. The average molecular weight is 1020 g/mol. The number of para-hydroxylation sites is 1. The third-order valence-corrected chi connectivity index (χ3v) is 15.4. The number of carbonyl (C=O) groups excluding carboxylic acids is 2. The van der Waals surface area contributed by atoms with E-state index in [4.69, 9.17) is 19.7 Å². The predicted molar refractivity (Wildman–Crippen MR) is 283 cm³/mol. The van der Waals surface area contributed by atoms with E-state index in [2.05, 4.69) is 62.5 Å². The molecular weight excluding hydrogens is 955 g/mol. The van der Waals surface area contributed by atoms with Crippen molar-refractivity contribution in [2.45, 2.75) is 83.1 Å². The van der Waals surface area contributed by atoms with Crippen molar-refractivity contribution in [3.63, 3.8) is 0 Å². The molecule has 2 amide bonds. The number of aliphatic hydroxyl groups excluding tert-OH is 1. The van der Waals surface area contributed by atoms with Crippen LogP contribution in [0.1, 0.15) is 68.9 Å². The van der Waals surface area contributed by atoms with Crippen molar-refractivity contribution in [3.05, 3.63) is 102 Å². The van der Waals surface area contributed by atoms with Crippen LogP contribution in [0, 0.1) is 12.8 Å². The van der Waals surface area contributed by atoms with Gasteiger partial charge < -0.3 is 50.0 Å². The van der Waals surface area contributed by atoms with Crippen LogP contribution < -0.4 is 30.3 Å². The van der Waals surface area contributed by atoms with Crippen molar-refractivity contribution >= 4 is 29.0 Å². The molecule has 4 aliphatic rings. The summed E-state index contributed by atoms with van der Waals surface area (Å²) >= 11 is 0. The molecule has 0 aliphatic carbocycles. The van der Waals surface area contributed by atoms with E-state index in [1.165, 1.54) is 4.90 Å². The zero-order valence-corrected chi connectivity index (χ0v) is 43.5. The number of carbonyl (C=O) groups is 2. The largest absolute Gasteiger partial charge is 0.507 e. The molecule has 0 spiro atoms. The van der Waals surface area contributed by atoms with Gasteiger partial charge in [0.2, 0.25) is 17.7 Å². The molecule has 8 heterocycles. The number of rotatable bonds is 18. The van der Waals surface area contributed by atoms with E-state index in [0.717, 1.165) is 92.4 Å². The lowest BCUT2D eigenvalue weighted by Gasteiger charge is -2.43. The molecule has 5 N–H and O–H groups in total. The summed E-state index contributed by atoms with van der Waals surface area (Å²) in [4.78, 5) is 43.6. The smallest absolute Gasteiger partial charge is 0.254 e. The van der Waals surface area contributed by atoms with Gasteiger partial charge in [0.15, 0.2) is 11.6 Å². The van der Waals surface area contributed by atoms with E-state index in [-0.39, 0.29) is 54.6 Å². The Balaban J connectivity index is 0.656. The number of amides is 2. The number of hydrogen-bond acceptors (Lipinski definition) is 17. The monoisotopic (exact) mass is 1020 g/mol. The summed E-state index contributed by atoms with van der Waals surface area (Å²) < 4.78 is 19.9. The number of nitrogens with two attached hydrogens (primary N) is 1. The Morgan fingerprint density at radius 3 is 2.24 bits per heavy atom. The van der Waals surface area contributed by atoms with E-state index in [1.807, 2.05) is 94.3 Å². The van der Waals surface area contributed by atoms with Gasteiger partial charge in [-0.05, 0) is 73.2 Å². The molecule has 0 saturated carbocycles. The van der Waals surface area contributed by atoms with Crippen molar-refractivity contribution in [1.29, 1.82) is 0 Å². The number of hydrogen-bond donors (Lipinski definition) is 4. The maximum Gasteiger partial charge on any atom is 0.254 e. The standard InChI is InChI=1S/C55H69N13O7/c1-34(2)51(55(72)67-33-42(69)27-46(67)54(71)59-36(4)37-10-12-38(13-11-37)52-35(3)30-58-63(52)5)48-29-50(62-75-48)74-25-23-65-20-18-64(19-21-65)22-24-73-49-26-39(16-17-57-49)68-40-14-15-41(68)32-66(31-40)45-28-44(60-61-53(45)56)43-8-6-7-9-47(43)70/h6-13,16-17,26,28-30,34,36,40-42,46,51,69-70H,14-15,18-25,27,31-33H2,1-5H3,(H2,56,61)(H,59,71)/t36-,40?,41?,42+,46-,51+/m0/s1. The quantitative estimate of drug-likeness (QED) is 0.0884. The number of phenolic OH excluding ortho intramolecular Hbond substituents is 1. The fourth-order valence-corrected chi connectivity index (χ4v) is 11.4. The number of aromatic hydroxyl groups is 1. The minimum atomic E-state index is -0.837. The normalized spacial score (nSPS) is 20.9. The van der Waals surface area contributed by atoms with Crippen molar-refractivity contribution in [3.8, 4) is 40.0 Å². The minimum absolute atomic E-state index is 0.0478. The lowest BCUT2D eigenvalue weighted by atomic mass is 9.91. The number of nitrogen functional groups attached to an aromatic ring is 1. The van der Waals surface area contributed by atoms with Gasteiger partial charge in [-0.2, -0.15) is 5.10 Å². The molecule has 75 heavy (non-hydrogen) atoms. The van der Waals surface area contributed by atoms with Gasteiger partial charge in [0, 0.05) is 120 Å². The second-order valence-electron chi connectivity index (χ2n) is 20.8. The van der Waals surface area contributed by atoms with E-state index < -0.39 is 18.1 Å². The van der Waals surface area contributed by atoms with Crippen LogP contribution in [0.15, 0.2) is 89.7 Å². The molecule has 10 rings (SSSR count). The first-order valence-electron chi connectivity index (χ1n) is 26.2. The molecule has 396 valence electrons. The number of aromatic nitrogens is 6. The van der Waals surface area contributed by atoms with Crippen molar-refractivity contribution in [1.82, 2.24) is 50.1 Å². The Bertz CT molecular complexity index is 2910. The number of ether oxygens (including phenoxy) is 2. The van der Waals surface area contributed by atoms with Gasteiger partial charge in [0.05, 0.1) is 35.4 Å². The maximum atomic E-state index is 14.3. The maximum absolute atomic E-state index is 14.3. The summed E-state index contributed by atoms with van der Waals surface area (Å²) in [6.45, 7) is 15.4. The van der Waals surface area contributed by atoms with Crippen LogP contribution in [-0.2, 0) is 16.6 Å². The highest BCUT2D eigenvalue weighted by Crippen LogP contribution is 2.40. The summed E-state index contributed by atoms with van der Waals surface area (Å²) in [5.41, 5.74) is 13.6. The summed E-state index contributed by atoms with van der Waals surface area (Å²) in [6.07, 6.45) is 5.10. The van der Waals surface area contributed by atoms with E-state index in [0.29, 0.717) is 54.4 Å². The molecule has 2 bridgehead atoms. The van der Waals surface area contributed by atoms with E-state index in [9.17, 15) is 19.8 Å². The first kappa shape index (κ1) is 51.2. The number of piperazine rings is 2. The second kappa shape index (κ2) is 22.3. The Hall–Kier alpha value is -7.29. The number of pyridine rings is 1. The van der Waals surface area contributed by atoms with Gasteiger partial charge in [-0.1, -0.05) is 50.2 Å². The summed E-state index contributed by atoms with van der Waals surface area (Å²) in [7, 11) is 1.91. The number of likely N-dealkylation sites (tertiary alicyclic amines) is 1. The van der Waals surface area contributed by atoms with Crippen LogP contribution in [0.5, 0.6) is 17.5 Å². The number of nitrogens with one attached hydrogen (secondary N) is 1. The van der Waals surface area contributed by atoms with Crippen LogP contribution in [0.3, 0.4) is 0 Å². The minimum Gasteiger partial charge on any atom is -0.507 e. The Morgan fingerprint density at radius 2 is 1.57 bits per heavy atom. The molecule has 4 fully saturated rings. The van der Waals surface area contributed by atoms with Crippen LogP contribution in [0.4, 0.5) is 17.2 Å². The average Bonchev–Trinajstić information content (AvgIpc) is 4.18. The molecule has 6 atom stereocenters. The van der Waals surface area contributed by atoms with E-state index >= 15 is 0 Å².